The highest BCUT2D eigenvalue weighted by atomic mass is 16.7. The van der Waals surface area contributed by atoms with Crippen LogP contribution in [0.15, 0.2) is 0 Å². The molecular formula is C13H24O4. The van der Waals surface area contributed by atoms with Crippen LogP contribution in [0.1, 0.15) is 46.5 Å². The first kappa shape index (κ1) is 13.3. The van der Waals surface area contributed by atoms with Gasteiger partial charge < -0.3 is 19.7 Å². The van der Waals surface area contributed by atoms with Gasteiger partial charge in [0.25, 0.3) is 0 Å². The monoisotopic (exact) mass is 244 g/mol. The van der Waals surface area contributed by atoms with Crippen molar-refractivity contribution in [3.05, 3.63) is 0 Å². The predicted octanol–water partition coefficient (Wildman–Crippen LogP) is 1.44. The van der Waals surface area contributed by atoms with Crippen molar-refractivity contribution < 1.29 is 19.7 Å². The number of ether oxygens (including phenoxy) is 2. The topological polar surface area (TPSA) is 58.9 Å². The van der Waals surface area contributed by atoms with Crippen molar-refractivity contribution in [2.45, 2.75) is 70.1 Å². The Labute approximate surface area is 103 Å². The van der Waals surface area contributed by atoms with Crippen LogP contribution in [0.3, 0.4) is 0 Å². The van der Waals surface area contributed by atoms with E-state index in [9.17, 15) is 10.2 Å². The fraction of sp³-hybridized carbons (Fsp3) is 1.00. The van der Waals surface area contributed by atoms with Gasteiger partial charge in [0, 0.05) is 0 Å². The molecule has 4 nitrogen and oxygen atoms in total. The van der Waals surface area contributed by atoms with Crippen LogP contribution in [0.25, 0.3) is 0 Å². The molecule has 1 aliphatic carbocycles. The SMILES string of the molecule is CCCC[C@@H]1C[C@]1(O)[C@H](O)[C@@H]1COC(C)(C)O1. The first-order chi connectivity index (χ1) is 7.89. The van der Waals surface area contributed by atoms with Crippen LogP contribution in [0, 0.1) is 5.92 Å². The predicted molar refractivity (Wildman–Crippen MR) is 63.5 cm³/mol. The Morgan fingerprint density at radius 2 is 2.12 bits per heavy atom. The zero-order chi connectivity index (χ0) is 12.7. The quantitative estimate of drug-likeness (QED) is 0.768. The van der Waals surface area contributed by atoms with Crippen LogP contribution in [0.2, 0.25) is 0 Å². The second kappa shape index (κ2) is 4.50. The summed E-state index contributed by atoms with van der Waals surface area (Å²) in [5, 5.41) is 20.5. The van der Waals surface area contributed by atoms with E-state index in [2.05, 4.69) is 6.92 Å². The van der Waals surface area contributed by atoms with Gasteiger partial charge in [-0.15, -0.1) is 0 Å². The second-order valence-corrected chi connectivity index (χ2v) is 5.85. The lowest BCUT2D eigenvalue weighted by atomic mass is 10.0. The largest absolute Gasteiger partial charge is 0.387 e. The molecule has 2 aliphatic rings. The van der Waals surface area contributed by atoms with Gasteiger partial charge in [0.1, 0.15) is 12.2 Å². The standard InChI is InChI=1S/C13H24O4/c1-4-5-6-9-7-13(9,15)11(14)10-8-16-12(2,3)17-10/h9-11,14-15H,4-8H2,1-3H3/t9-,10+,11-,13-/m1/s1. The van der Waals surface area contributed by atoms with Gasteiger partial charge in [0.2, 0.25) is 0 Å². The second-order valence-electron chi connectivity index (χ2n) is 5.85. The minimum Gasteiger partial charge on any atom is -0.387 e. The number of hydrogen-bond acceptors (Lipinski definition) is 4. The Hall–Kier alpha value is -0.160. The zero-order valence-electron chi connectivity index (χ0n) is 11.0. The van der Waals surface area contributed by atoms with Crippen molar-refractivity contribution in [3.8, 4) is 0 Å². The molecule has 0 spiro atoms. The fourth-order valence-corrected chi connectivity index (χ4v) is 2.69. The molecule has 0 amide bonds. The van der Waals surface area contributed by atoms with Crippen LogP contribution in [0.5, 0.6) is 0 Å². The van der Waals surface area contributed by atoms with E-state index >= 15 is 0 Å². The number of hydrogen-bond donors (Lipinski definition) is 2. The maximum absolute atomic E-state index is 10.3. The van der Waals surface area contributed by atoms with E-state index in [0.29, 0.717) is 13.0 Å². The molecule has 4 heteroatoms. The Kier molecular flexibility index (Phi) is 3.51. The summed E-state index contributed by atoms with van der Waals surface area (Å²) in [5.74, 6) is -0.416. The molecule has 17 heavy (non-hydrogen) atoms. The number of aliphatic hydroxyl groups excluding tert-OH is 1. The summed E-state index contributed by atoms with van der Waals surface area (Å²) in [6.07, 6.45) is 2.68. The van der Waals surface area contributed by atoms with Crippen LogP contribution in [-0.4, -0.2) is 40.4 Å². The van der Waals surface area contributed by atoms with Crippen LogP contribution in [0.4, 0.5) is 0 Å². The maximum Gasteiger partial charge on any atom is 0.163 e. The van der Waals surface area contributed by atoms with Crippen LogP contribution < -0.4 is 0 Å². The van der Waals surface area contributed by atoms with Crippen molar-refractivity contribution in [3.63, 3.8) is 0 Å². The molecule has 0 aromatic carbocycles. The molecule has 1 saturated heterocycles. The maximum atomic E-state index is 10.3. The van der Waals surface area contributed by atoms with E-state index < -0.39 is 23.6 Å². The molecule has 0 aromatic rings. The van der Waals surface area contributed by atoms with E-state index in [-0.39, 0.29) is 5.92 Å². The number of unbranched alkanes of at least 4 members (excludes halogenated alkanes) is 1. The number of rotatable bonds is 5. The molecule has 1 heterocycles. The third-order valence-electron chi connectivity index (χ3n) is 3.92. The highest BCUT2D eigenvalue weighted by Gasteiger charge is 2.60. The summed E-state index contributed by atoms with van der Waals surface area (Å²) in [4.78, 5) is 0. The van der Waals surface area contributed by atoms with E-state index in [1.807, 2.05) is 13.8 Å². The molecule has 0 aromatic heterocycles. The molecule has 2 fully saturated rings. The number of aliphatic hydroxyl groups is 2. The van der Waals surface area contributed by atoms with E-state index in [1.54, 1.807) is 0 Å². The third-order valence-corrected chi connectivity index (χ3v) is 3.92. The highest BCUT2D eigenvalue weighted by Crippen LogP contribution is 2.51. The fourth-order valence-electron chi connectivity index (χ4n) is 2.69. The minimum atomic E-state index is -0.941. The highest BCUT2D eigenvalue weighted by molar-refractivity contribution is 5.10. The lowest BCUT2D eigenvalue weighted by Gasteiger charge is -2.25. The first-order valence-corrected chi connectivity index (χ1v) is 6.61. The van der Waals surface area contributed by atoms with E-state index in [1.165, 1.54) is 0 Å². The van der Waals surface area contributed by atoms with Gasteiger partial charge in [-0.25, -0.2) is 0 Å². The lowest BCUT2D eigenvalue weighted by molar-refractivity contribution is -0.164. The van der Waals surface area contributed by atoms with Gasteiger partial charge in [-0.3, -0.25) is 0 Å². The van der Waals surface area contributed by atoms with Gasteiger partial charge in [-0.1, -0.05) is 19.8 Å². The smallest absolute Gasteiger partial charge is 0.163 e. The normalized spacial score (nSPS) is 41.5. The van der Waals surface area contributed by atoms with Crippen molar-refractivity contribution in [1.82, 2.24) is 0 Å². The lowest BCUT2D eigenvalue weighted by Crippen LogP contribution is -2.42. The minimum absolute atomic E-state index is 0.227. The zero-order valence-corrected chi connectivity index (χ0v) is 11.0. The van der Waals surface area contributed by atoms with Crippen LogP contribution in [-0.2, 0) is 9.47 Å². The molecular weight excluding hydrogens is 220 g/mol. The van der Waals surface area contributed by atoms with Crippen molar-refractivity contribution in [2.24, 2.45) is 5.92 Å². The average Bonchev–Trinajstić information content (AvgIpc) is 2.79. The summed E-state index contributed by atoms with van der Waals surface area (Å²) >= 11 is 0. The average molecular weight is 244 g/mol. The molecule has 0 radical (unpaired) electrons. The molecule has 2 N–H and O–H groups in total. The summed E-state index contributed by atoms with van der Waals surface area (Å²) in [7, 11) is 0. The third kappa shape index (κ3) is 2.65. The van der Waals surface area contributed by atoms with Gasteiger partial charge in [0.15, 0.2) is 5.79 Å². The summed E-state index contributed by atoms with van der Waals surface area (Å²) in [6, 6.07) is 0. The van der Waals surface area contributed by atoms with Gasteiger partial charge in [-0.2, -0.15) is 0 Å². The molecule has 100 valence electrons. The Bertz CT molecular complexity index is 279. The van der Waals surface area contributed by atoms with E-state index in [4.69, 9.17) is 9.47 Å². The Balaban J connectivity index is 1.87. The summed E-state index contributed by atoms with van der Waals surface area (Å²) < 4.78 is 11.0. The molecule has 0 unspecified atom stereocenters. The van der Waals surface area contributed by atoms with Crippen molar-refractivity contribution >= 4 is 0 Å². The Morgan fingerprint density at radius 3 is 2.65 bits per heavy atom. The summed E-state index contributed by atoms with van der Waals surface area (Å²) in [6.45, 7) is 6.14. The first-order valence-electron chi connectivity index (χ1n) is 6.61. The molecule has 2 rings (SSSR count). The van der Waals surface area contributed by atoms with Gasteiger partial charge >= 0.3 is 0 Å². The van der Waals surface area contributed by atoms with E-state index in [0.717, 1.165) is 19.3 Å². The summed E-state index contributed by atoms with van der Waals surface area (Å²) in [5.41, 5.74) is -0.941. The Morgan fingerprint density at radius 1 is 1.41 bits per heavy atom. The van der Waals surface area contributed by atoms with Gasteiger partial charge in [0.05, 0.1) is 12.2 Å². The molecule has 1 saturated carbocycles. The molecule has 4 atom stereocenters. The van der Waals surface area contributed by atoms with Crippen molar-refractivity contribution in [2.75, 3.05) is 6.61 Å². The van der Waals surface area contributed by atoms with Crippen molar-refractivity contribution in [1.29, 1.82) is 0 Å². The van der Waals surface area contributed by atoms with Crippen LogP contribution >= 0.6 is 0 Å². The molecule has 1 aliphatic heterocycles. The molecule has 0 bridgehead atoms. The van der Waals surface area contributed by atoms with Gasteiger partial charge in [-0.05, 0) is 32.6 Å².